The highest BCUT2D eigenvalue weighted by Crippen LogP contribution is 2.18. The molecule has 0 radical (unpaired) electrons. The van der Waals surface area contributed by atoms with Crippen molar-refractivity contribution < 1.29 is 14.0 Å². The van der Waals surface area contributed by atoms with Crippen molar-refractivity contribution in [3.63, 3.8) is 0 Å². The smallest absolute Gasteiger partial charge is 0.244 e. The second kappa shape index (κ2) is 8.15. The molecule has 5 nitrogen and oxygen atoms in total. The Hall–Kier alpha value is -1.82. The van der Waals surface area contributed by atoms with Crippen LogP contribution in [-0.2, 0) is 9.59 Å². The quantitative estimate of drug-likeness (QED) is 0.864. The minimum Gasteiger partial charge on any atom is -0.376 e. The zero-order chi connectivity index (χ0) is 16.8. The van der Waals surface area contributed by atoms with Crippen molar-refractivity contribution in [2.45, 2.75) is 32.2 Å². The van der Waals surface area contributed by atoms with E-state index in [9.17, 15) is 14.0 Å². The van der Waals surface area contributed by atoms with E-state index >= 15 is 0 Å². The number of likely N-dealkylation sites (tertiary alicyclic amines) is 1. The van der Waals surface area contributed by atoms with Gasteiger partial charge in [-0.25, -0.2) is 4.39 Å². The topological polar surface area (TPSA) is 61.4 Å². The van der Waals surface area contributed by atoms with Gasteiger partial charge in [-0.1, -0.05) is 11.6 Å². The van der Waals surface area contributed by atoms with Crippen molar-refractivity contribution in [2.75, 3.05) is 25.0 Å². The van der Waals surface area contributed by atoms with Gasteiger partial charge in [-0.05, 0) is 44.4 Å². The van der Waals surface area contributed by atoms with Crippen LogP contribution in [0.3, 0.4) is 0 Å². The van der Waals surface area contributed by atoms with Crippen molar-refractivity contribution in [3.8, 4) is 0 Å². The number of hydrogen-bond donors (Lipinski definition) is 2. The molecule has 0 unspecified atom stereocenters. The van der Waals surface area contributed by atoms with E-state index in [1.807, 2.05) is 0 Å². The second-order valence-corrected chi connectivity index (χ2v) is 6.06. The third kappa shape index (κ3) is 5.10. The Morgan fingerprint density at radius 1 is 1.30 bits per heavy atom. The van der Waals surface area contributed by atoms with Crippen LogP contribution in [0.25, 0.3) is 0 Å². The largest absolute Gasteiger partial charge is 0.376 e. The van der Waals surface area contributed by atoms with E-state index in [2.05, 4.69) is 10.6 Å². The van der Waals surface area contributed by atoms with Gasteiger partial charge in [0.2, 0.25) is 11.8 Å². The Morgan fingerprint density at radius 2 is 2.00 bits per heavy atom. The molecule has 2 amide bonds. The summed E-state index contributed by atoms with van der Waals surface area (Å²) in [6.07, 6.45) is 3.16. The van der Waals surface area contributed by atoms with E-state index in [1.54, 1.807) is 17.9 Å². The number of hydrogen-bond acceptors (Lipinski definition) is 3. The molecule has 0 bridgehead atoms. The Bertz CT molecular complexity index is 576. The minimum atomic E-state index is -0.565. The summed E-state index contributed by atoms with van der Waals surface area (Å²) in [6.45, 7) is 3.14. The number of anilines is 1. The molecule has 1 heterocycles. The van der Waals surface area contributed by atoms with Crippen molar-refractivity contribution in [1.29, 1.82) is 0 Å². The lowest BCUT2D eigenvalue weighted by Crippen LogP contribution is -2.49. The van der Waals surface area contributed by atoms with Gasteiger partial charge in [0.05, 0.1) is 11.6 Å². The van der Waals surface area contributed by atoms with Crippen LogP contribution >= 0.6 is 11.6 Å². The van der Waals surface area contributed by atoms with Gasteiger partial charge >= 0.3 is 0 Å². The fourth-order valence-electron chi connectivity index (χ4n) is 2.53. The van der Waals surface area contributed by atoms with Crippen molar-refractivity contribution in [3.05, 3.63) is 29.0 Å². The number of rotatable bonds is 5. The van der Waals surface area contributed by atoms with E-state index in [-0.39, 0.29) is 23.4 Å². The third-order valence-corrected chi connectivity index (χ3v) is 4.09. The number of benzene rings is 1. The van der Waals surface area contributed by atoms with Crippen LogP contribution in [0.5, 0.6) is 0 Å². The second-order valence-electron chi connectivity index (χ2n) is 5.66. The summed E-state index contributed by atoms with van der Waals surface area (Å²) in [5.74, 6) is -0.931. The average molecular weight is 342 g/mol. The van der Waals surface area contributed by atoms with E-state index < -0.39 is 11.9 Å². The van der Waals surface area contributed by atoms with Gasteiger partial charge in [0.1, 0.15) is 11.9 Å². The van der Waals surface area contributed by atoms with Gasteiger partial charge in [0, 0.05) is 18.8 Å². The van der Waals surface area contributed by atoms with E-state index in [0.29, 0.717) is 5.69 Å². The highest BCUT2D eigenvalue weighted by atomic mass is 35.5. The van der Waals surface area contributed by atoms with E-state index in [1.165, 1.54) is 12.1 Å². The molecule has 1 aromatic carbocycles. The van der Waals surface area contributed by atoms with Crippen LogP contribution < -0.4 is 10.6 Å². The van der Waals surface area contributed by atoms with Crippen molar-refractivity contribution >= 4 is 29.1 Å². The van der Waals surface area contributed by atoms with Crippen LogP contribution in [-0.4, -0.2) is 42.4 Å². The maximum atomic E-state index is 13.3. The molecule has 7 heteroatoms. The number of piperidine rings is 1. The predicted molar refractivity (Wildman–Crippen MR) is 87.9 cm³/mol. The first-order valence-corrected chi connectivity index (χ1v) is 8.12. The average Bonchev–Trinajstić information content (AvgIpc) is 2.56. The SMILES string of the molecule is C[C@@H](NC(=O)CNc1ccc(Cl)c(F)c1)C(=O)N1CCCCC1. The standard InChI is InChI=1S/C16H21ClFN3O2/c1-11(16(23)21-7-3-2-4-8-21)20-15(22)10-19-12-5-6-13(17)14(18)9-12/h5-6,9,11,19H,2-4,7-8,10H2,1H3,(H,20,22)/t11-/m1/s1. The highest BCUT2D eigenvalue weighted by Gasteiger charge is 2.23. The molecule has 0 aromatic heterocycles. The van der Waals surface area contributed by atoms with Gasteiger partial charge in [0.25, 0.3) is 0 Å². The monoisotopic (exact) mass is 341 g/mol. The van der Waals surface area contributed by atoms with Crippen molar-refractivity contribution in [1.82, 2.24) is 10.2 Å². The molecule has 0 aliphatic carbocycles. The summed E-state index contributed by atoms with van der Waals surface area (Å²) < 4.78 is 13.3. The minimum absolute atomic E-state index is 0.0285. The van der Waals surface area contributed by atoms with Gasteiger partial charge in [-0.15, -0.1) is 0 Å². The highest BCUT2D eigenvalue weighted by molar-refractivity contribution is 6.30. The Morgan fingerprint density at radius 3 is 2.65 bits per heavy atom. The number of carbonyl (C=O) groups is 2. The summed E-state index contributed by atoms with van der Waals surface area (Å²) in [5, 5.41) is 5.49. The number of nitrogens with zero attached hydrogens (tertiary/aromatic N) is 1. The van der Waals surface area contributed by atoms with Crippen LogP contribution in [0.2, 0.25) is 5.02 Å². The fourth-order valence-corrected chi connectivity index (χ4v) is 2.65. The van der Waals surface area contributed by atoms with E-state index in [4.69, 9.17) is 11.6 Å². The van der Waals surface area contributed by atoms with E-state index in [0.717, 1.165) is 32.4 Å². The van der Waals surface area contributed by atoms with Crippen LogP contribution in [0.4, 0.5) is 10.1 Å². The number of halogens is 2. The molecule has 1 aromatic rings. The summed E-state index contributed by atoms with van der Waals surface area (Å²) in [7, 11) is 0. The molecule has 1 atom stereocenters. The maximum absolute atomic E-state index is 13.3. The number of carbonyl (C=O) groups excluding carboxylic acids is 2. The molecular formula is C16H21ClFN3O2. The molecule has 2 N–H and O–H groups in total. The van der Waals surface area contributed by atoms with Crippen LogP contribution in [0, 0.1) is 5.82 Å². The Balaban J connectivity index is 1.79. The van der Waals surface area contributed by atoms with Gasteiger partial charge in [0.15, 0.2) is 0 Å². The fraction of sp³-hybridized carbons (Fsp3) is 0.500. The lowest BCUT2D eigenvalue weighted by Gasteiger charge is -2.29. The predicted octanol–water partition coefficient (Wildman–Crippen LogP) is 2.41. The molecule has 1 aliphatic rings. The lowest BCUT2D eigenvalue weighted by molar-refractivity contribution is -0.136. The molecule has 1 aliphatic heterocycles. The summed E-state index contributed by atoms with van der Waals surface area (Å²) in [5.41, 5.74) is 0.456. The van der Waals surface area contributed by atoms with Gasteiger partial charge in [-0.3, -0.25) is 9.59 Å². The summed E-state index contributed by atoms with van der Waals surface area (Å²) >= 11 is 5.60. The first-order valence-electron chi connectivity index (χ1n) is 7.74. The molecule has 0 spiro atoms. The van der Waals surface area contributed by atoms with Crippen LogP contribution in [0.1, 0.15) is 26.2 Å². The Labute approximate surface area is 140 Å². The Kier molecular flexibility index (Phi) is 6.21. The molecule has 126 valence electrons. The first-order chi connectivity index (χ1) is 11.0. The molecular weight excluding hydrogens is 321 g/mol. The zero-order valence-corrected chi connectivity index (χ0v) is 13.8. The van der Waals surface area contributed by atoms with Gasteiger partial charge < -0.3 is 15.5 Å². The third-order valence-electron chi connectivity index (χ3n) is 3.79. The first kappa shape index (κ1) is 17.5. The molecule has 23 heavy (non-hydrogen) atoms. The lowest BCUT2D eigenvalue weighted by atomic mass is 10.1. The molecule has 1 saturated heterocycles. The van der Waals surface area contributed by atoms with Crippen molar-refractivity contribution in [2.24, 2.45) is 0 Å². The number of nitrogens with one attached hydrogen (secondary N) is 2. The summed E-state index contributed by atoms with van der Waals surface area (Å²) in [6, 6.07) is 3.66. The maximum Gasteiger partial charge on any atom is 0.244 e. The molecule has 1 fully saturated rings. The zero-order valence-electron chi connectivity index (χ0n) is 13.1. The van der Waals surface area contributed by atoms with Gasteiger partial charge in [-0.2, -0.15) is 0 Å². The summed E-state index contributed by atoms with van der Waals surface area (Å²) in [4.78, 5) is 25.9. The van der Waals surface area contributed by atoms with Crippen LogP contribution in [0.15, 0.2) is 18.2 Å². The number of amides is 2. The normalized spacial score (nSPS) is 15.9. The molecule has 2 rings (SSSR count). The molecule has 0 saturated carbocycles.